The molecule has 0 atom stereocenters. The van der Waals surface area contributed by atoms with Crippen LogP contribution in [0, 0.1) is 5.92 Å². The highest BCUT2D eigenvalue weighted by Gasteiger charge is 2.33. The Hall–Kier alpha value is -3.49. The van der Waals surface area contributed by atoms with Crippen molar-refractivity contribution in [3.63, 3.8) is 0 Å². The van der Waals surface area contributed by atoms with Crippen molar-refractivity contribution >= 4 is 17.5 Å². The van der Waals surface area contributed by atoms with Crippen molar-refractivity contribution in [3.8, 4) is 5.82 Å². The van der Waals surface area contributed by atoms with Gasteiger partial charge in [0.1, 0.15) is 18.0 Å². The number of nitrogens with one attached hydrogen (secondary N) is 1. The van der Waals surface area contributed by atoms with E-state index < -0.39 is 0 Å². The molecule has 30 heavy (non-hydrogen) atoms. The topological polar surface area (TPSA) is 92.1 Å². The maximum atomic E-state index is 12.6. The second-order valence-corrected chi connectivity index (χ2v) is 7.72. The van der Waals surface area contributed by atoms with Gasteiger partial charge in [0.05, 0.1) is 5.92 Å². The summed E-state index contributed by atoms with van der Waals surface area (Å²) in [5.74, 6) is 2.57. The van der Waals surface area contributed by atoms with Gasteiger partial charge >= 0.3 is 0 Å². The molecule has 9 heteroatoms. The third-order valence-electron chi connectivity index (χ3n) is 5.66. The molecule has 5 heterocycles. The Balaban J connectivity index is 1.14. The molecule has 2 aliphatic rings. The lowest BCUT2D eigenvalue weighted by molar-refractivity contribution is -0.125. The van der Waals surface area contributed by atoms with E-state index >= 15 is 0 Å². The predicted molar refractivity (Wildman–Crippen MR) is 112 cm³/mol. The second kappa shape index (κ2) is 8.10. The molecule has 0 aromatic carbocycles. The zero-order valence-electron chi connectivity index (χ0n) is 16.7. The van der Waals surface area contributed by atoms with Crippen molar-refractivity contribution in [2.24, 2.45) is 5.92 Å². The van der Waals surface area contributed by atoms with Crippen molar-refractivity contribution < 1.29 is 4.79 Å². The molecule has 0 spiro atoms. The Morgan fingerprint density at radius 1 is 1.00 bits per heavy atom. The molecule has 2 saturated heterocycles. The molecule has 0 radical (unpaired) electrons. The zero-order chi connectivity index (χ0) is 20.3. The summed E-state index contributed by atoms with van der Waals surface area (Å²) in [5.41, 5.74) is 1.08. The minimum Gasteiger partial charge on any atom is -0.357 e. The fourth-order valence-corrected chi connectivity index (χ4v) is 3.89. The van der Waals surface area contributed by atoms with E-state index in [1.807, 2.05) is 30.6 Å². The Morgan fingerprint density at radius 3 is 2.60 bits per heavy atom. The molecule has 1 amide bonds. The monoisotopic (exact) mass is 404 g/mol. The van der Waals surface area contributed by atoms with E-state index in [0.717, 1.165) is 30.3 Å². The molecule has 3 aromatic heterocycles. The lowest BCUT2D eigenvalue weighted by Gasteiger charge is -2.39. The van der Waals surface area contributed by atoms with Crippen LogP contribution in [0.25, 0.3) is 5.82 Å². The van der Waals surface area contributed by atoms with E-state index in [-0.39, 0.29) is 11.8 Å². The first-order chi connectivity index (χ1) is 14.8. The van der Waals surface area contributed by atoms with Gasteiger partial charge in [-0.15, -0.1) is 0 Å². The fraction of sp³-hybridized carbons (Fsp3) is 0.381. The van der Waals surface area contributed by atoms with Gasteiger partial charge in [-0.2, -0.15) is 5.10 Å². The third-order valence-corrected chi connectivity index (χ3v) is 5.66. The molecule has 3 aromatic rings. The third kappa shape index (κ3) is 3.83. The van der Waals surface area contributed by atoms with Gasteiger partial charge in [-0.1, -0.05) is 0 Å². The number of amides is 1. The number of hydrogen-bond acceptors (Lipinski definition) is 7. The van der Waals surface area contributed by atoms with Crippen molar-refractivity contribution in [2.75, 3.05) is 36.0 Å². The summed E-state index contributed by atoms with van der Waals surface area (Å²) in [6.07, 6.45) is 9.34. The van der Waals surface area contributed by atoms with Crippen LogP contribution in [0.5, 0.6) is 0 Å². The van der Waals surface area contributed by atoms with E-state index in [2.05, 4.69) is 41.2 Å². The molecule has 0 unspecified atom stereocenters. The summed E-state index contributed by atoms with van der Waals surface area (Å²) in [5, 5.41) is 7.26. The number of carbonyl (C=O) groups excluding carboxylic acids is 1. The molecule has 9 nitrogen and oxygen atoms in total. The molecule has 2 fully saturated rings. The first kappa shape index (κ1) is 18.5. The predicted octanol–water partition coefficient (Wildman–Crippen LogP) is 1.41. The van der Waals surface area contributed by atoms with Crippen molar-refractivity contribution in [1.82, 2.24) is 30.0 Å². The standard InChI is InChI=1S/C21H24N8O/c30-21(23-12-16-4-6-22-18(10-16)27-7-1-2-8-27)17-13-28(14-17)19-11-20(25-15-24-19)29-9-3-5-26-29/h3-6,9-11,15,17H,1-2,7-8,12-14H2,(H,23,30). The van der Waals surface area contributed by atoms with Gasteiger partial charge in [-0.3, -0.25) is 4.79 Å². The molecule has 1 N–H and O–H groups in total. The van der Waals surface area contributed by atoms with E-state index in [1.165, 1.54) is 19.2 Å². The van der Waals surface area contributed by atoms with Gasteiger partial charge in [-0.25, -0.2) is 19.6 Å². The molecule has 2 aliphatic heterocycles. The van der Waals surface area contributed by atoms with Crippen LogP contribution in [-0.4, -0.2) is 56.8 Å². The number of anilines is 2. The van der Waals surface area contributed by atoms with Gasteiger partial charge in [0.15, 0.2) is 5.82 Å². The molecule has 5 rings (SSSR count). The van der Waals surface area contributed by atoms with E-state index in [9.17, 15) is 4.79 Å². The van der Waals surface area contributed by atoms with Gasteiger partial charge in [-0.05, 0) is 36.6 Å². The largest absolute Gasteiger partial charge is 0.357 e. The maximum absolute atomic E-state index is 12.6. The van der Waals surface area contributed by atoms with Crippen LogP contribution in [0.15, 0.2) is 49.2 Å². The number of aromatic nitrogens is 5. The zero-order valence-corrected chi connectivity index (χ0v) is 16.7. The highest BCUT2D eigenvalue weighted by atomic mass is 16.2. The average Bonchev–Trinajstić information content (AvgIpc) is 3.46. The molecule has 0 aliphatic carbocycles. The molecule has 0 saturated carbocycles. The highest BCUT2D eigenvalue weighted by molar-refractivity contribution is 5.81. The van der Waals surface area contributed by atoms with Crippen LogP contribution in [0.1, 0.15) is 18.4 Å². The Labute approximate surface area is 174 Å². The Bertz CT molecular complexity index is 1010. The lowest BCUT2D eigenvalue weighted by Crippen LogP contribution is -2.54. The normalized spacial score (nSPS) is 16.5. The molecular formula is C21H24N8O. The maximum Gasteiger partial charge on any atom is 0.226 e. The summed E-state index contributed by atoms with van der Waals surface area (Å²) in [7, 11) is 0. The summed E-state index contributed by atoms with van der Waals surface area (Å²) >= 11 is 0. The van der Waals surface area contributed by atoms with Crippen molar-refractivity contribution in [2.45, 2.75) is 19.4 Å². The summed E-state index contributed by atoms with van der Waals surface area (Å²) in [4.78, 5) is 30.0. The first-order valence-electron chi connectivity index (χ1n) is 10.3. The summed E-state index contributed by atoms with van der Waals surface area (Å²) < 4.78 is 1.69. The number of rotatable bonds is 6. The fourth-order valence-electron chi connectivity index (χ4n) is 3.89. The first-order valence-corrected chi connectivity index (χ1v) is 10.3. The Kier molecular flexibility index (Phi) is 5.00. The minimum atomic E-state index is -0.0343. The van der Waals surface area contributed by atoms with Crippen LogP contribution < -0.4 is 15.1 Å². The van der Waals surface area contributed by atoms with Gasteiger partial charge in [0.25, 0.3) is 0 Å². The van der Waals surface area contributed by atoms with Crippen LogP contribution in [0.3, 0.4) is 0 Å². The van der Waals surface area contributed by atoms with Crippen LogP contribution >= 0.6 is 0 Å². The quantitative estimate of drug-likeness (QED) is 0.664. The minimum absolute atomic E-state index is 0.0343. The number of hydrogen-bond donors (Lipinski definition) is 1. The second-order valence-electron chi connectivity index (χ2n) is 7.72. The van der Waals surface area contributed by atoms with Crippen LogP contribution in [0.2, 0.25) is 0 Å². The summed E-state index contributed by atoms with van der Waals surface area (Å²) in [6.45, 7) is 3.95. The highest BCUT2D eigenvalue weighted by Crippen LogP contribution is 2.24. The van der Waals surface area contributed by atoms with E-state index in [4.69, 9.17) is 0 Å². The number of nitrogens with zero attached hydrogens (tertiary/aromatic N) is 7. The van der Waals surface area contributed by atoms with Crippen LogP contribution in [0.4, 0.5) is 11.6 Å². The van der Waals surface area contributed by atoms with Crippen LogP contribution in [-0.2, 0) is 11.3 Å². The number of pyridine rings is 1. The summed E-state index contributed by atoms with van der Waals surface area (Å²) in [6, 6.07) is 7.78. The lowest BCUT2D eigenvalue weighted by atomic mass is 9.99. The Morgan fingerprint density at radius 2 is 1.80 bits per heavy atom. The van der Waals surface area contributed by atoms with Gasteiger partial charge < -0.3 is 15.1 Å². The SMILES string of the molecule is O=C(NCc1ccnc(N2CCCC2)c1)C1CN(c2cc(-n3cccn3)ncn2)C1. The van der Waals surface area contributed by atoms with Crippen molar-refractivity contribution in [1.29, 1.82) is 0 Å². The van der Waals surface area contributed by atoms with Crippen molar-refractivity contribution in [3.05, 3.63) is 54.7 Å². The van der Waals surface area contributed by atoms with Gasteiger partial charge in [0, 0.05) is 57.4 Å². The average molecular weight is 404 g/mol. The van der Waals surface area contributed by atoms with E-state index in [0.29, 0.717) is 25.5 Å². The van der Waals surface area contributed by atoms with E-state index in [1.54, 1.807) is 10.9 Å². The molecule has 154 valence electrons. The molecular weight excluding hydrogens is 380 g/mol. The smallest absolute Gasteiger partial charge is 0.226 e. The number of carbonyl (C=O) groups is 1. The van der Waals surface area contributed by atoms with Gasteiger partial charge in [0.2, 0.25) is 5.91 Å². The molecule has 0 bridgehead atoms.